The van der Waals surface area contributed by atoms with E-state index < -0.39 is 33.9 Å². The van der Waals surface area contributed by atoms with Gasteiger partial charge in [0.1, 0.15) is 11.9 Å². The number of benzene rings is 1. The molecule has 1 N–H and O–H groups in total. The number of aryl methyl sites for hydroxylation is 2. The number of hydrogen-bond donors (Lipinski definition) is 1. The van der Waals surface area contributed by atoms with Crippen LogP contribution in [0, 0.1) is 6.92 Å². The standard InChI is InChI=1S/C22H25N3O6S/c1-14-3-8-20(23-12-14)25-10-9-24(13-19(25)22(28)31-2)32(29,30)16-6-4-15-5-7-17(21(26)27)18(15)11-16/h3-4,6,8,11-12,17,19H,5,7,9-10,13H2,1-2H3,(H,26,27)/t17?,19-/m0/s1. The molecule has 9 nitrogen and oxygen atoms in total. The van der Waals surface area contributed by atoms with Crippen molar-refractivity contribution in [2.75, 3.05) is 31.6 Å². The molecule has 0 saturated carbocycles. The van der Waals surface area contributed by atoms with Gasteiger partial charge in [-0.1, -0.05) is 12.1 Å². The van der Waals surface area contributed by atoms with E-state index >= 15 is 0 Å². The lowest BCUT2D eigenvalue weighted by Gasteiger charge is -2.39. The van der Waals surface area contributed by atoms with Crippen molar-refractivity contribution in [1.29, 1.82) is 0 Å². The highest BCUT2D eigenvalue weighted by Gasteiger charge is 2.40. The summed E-state index contributed by atoms with van der Waals surface area (Å²) in [6.07, 6.45) is 2.76. The van der Waals surface area contributed by atoms with Gasteiger partial charge in [0.15, 0.2) is 0 Å². The number of carbonyl (C=O) groups excluding carboxylic acids is 1. The van der Waals surface area contributed by atoms with Gasteiger partial charge in [-0.3, -0.25) is 4.79 Å². The summed E-state index contributed by atoms with van der Waals surface area (Å²) in [5.74, 6) is -1.63. The molecule has 32 heavy (non-hydrogen) atoms. The zero-order valence-electron chi connectivity index (χ0n) is 17.9. The Labute approximate surface area is 186 Å². The first kappa shape index (κ1) is 22.2. The Morgan fingerprint density at radius 3 is 2.62 bits per heavy atom. The Morgan fingerprint density at radius 2 is 1.97 bits per heavy atom. The topological polar surface area (TPSA) is 117 Å². The number of sulfonamides is 1. The zero-order chi connectivity index (χ0) is 23.0. The van der Waals surface area contributed by atoms with E-state index in [0.717, 1.165) is 11.1 Å². The van der Waals surface area contributed by atoms with E-state index in [-0.39, 0.29) is 24.5 Å². The van der Waals surface area contributed by atoms with Gasteiger partial charge < -0.3 is 14.7 Å². The monoisotopic (exact) mass is 459 g/mol. The summed E-state index contributed by atoms with van der Waals surface area (Å²) in [7, 11) is -2.67. The van der Waals surface area contributed by atoms with Crippen LogP contribution < -0.4 is 4.90 Å². The highest BCUT2D eigenvalue weighted by atomic mass is 32.2. The molecule has 4 rings (SSSR count). The van der Waals surface area contributed by atoms with Crippen LogP contribution in [0.5, 0.6) is 0 Å². The third-order valence-corrected chi connectivity index (χ3v) is 8.00. The Bertz CT molecular complexity index is 1150. The SMILES string of the molecule is COC(=O)[C@@H]1CN(S(=O)(=O)c2ccc3c(c2)C(C(=O)O)CC3)CCN1c1ccc(C)cn1. The van der Waals surface area contributed by atoms with Crippen molar-refractivity contribution in [3.05, 3.63) is 53.2 Å². The van der Waals surface area contributed by atoms with Crippen LogP contribution in [0.15, 0.2) is 41.4 Å². The van der Waals surface area contributed by atoms with Crippen LogP contribution in [0.4, 0.5) is 5.82 Å². The maximum Gasteiger partial charge on any atom is 0.329 e. The molecule has 170 valence electrons. The molecule has 0 spiro atoms. The van der Waals surface area contributed by atoms with Crippen molar-refractivity contribution < 1.29 is 27.9 Å². The number of pyridine rings is 1. The van der Waals surface area contributed by atoms with Crippen LogP contribution >= 0.6 is 0 Å². The summed E-state index contributed by atoms with van der Waals surface area (Å²) in [5.41, 5.74) is 2.38. The molecular weight excluding hydrogens is 434 g/mol. The molecule has 1 aromatic heterocycles. The minimum Gasteiger partial charge on any atom is -0.481 e. The number of rotatable bonds is 5. The Balaban J connectivity index is 1.63. The third-order valence-electron chi connectivity index (χ3n) is 6.14. The van der Waals surface area contributed by atoms with Gasteiger partial charge in [0.05, 0.1) is 17.9 Å². The minimum absolute atomic E-state index is 0.0370. The molecule has 1 saturated heterocycles. The van der Waals surface area contributed by atoms with Crippen molar-refractivity contribution in [3.8, 4) is 0 Å². The average Bonchev–Trinajstić information content (AvgIpc) is 3.22. The van der Waals surface area contributed by atoms with Gasteiger partial charge in [0.25, 0.3) is 0 Å². The number of ether oxygens (including phenoxy) is 1. The molecule has 2 aliphatic rings. The molecular formula is C22H25N3O6S. The predicted octanol–water partition coefficient (Wildman–Crippen LogP) is 1.56. The summed E-state index contributed by atoms with van der Waals surface area (Å²) in [5, 5.41) is 9.46. The Morgan fingerprint density at radius 1 is 1.19 bits per heavy atom. The van der Waals surface area contributed by atoms with Gasteiger partial charge in [0.2, 0.25) is 10.0 Å². The number of anilines is 1. The number of fused-ring (bicyclic) bond motifs is 1. The highest BCUT2D eigenvalue weighted by Crippen LogP contribution is 2.35. The lowest BCUT2D eigenvalue weighted by atomic mass is 10.0. The summed E-state index contributed by atoms with van der Waals surface area (Å²) >= 11 is 0. The van der Waals surface area contributed by atoms with E-state index in [1.165, 1.54) is 23.5 Å². The van der Waals surface area contributed by atoms with E-state index in [1.54, 1.807) is 23.2 Å². The molecule has 0 amide bonds. The van der Waals surface area contributed by atoms with Crippen molar-refractivity contribution in [3.63, 3.8) is 0 Å². The number of methoxy groups -OCH3 is 1. The molecule has 2 atom stereocenters. The number of hydrogen-bond acceptors (Lipinski definition) is 7. The summed E-state index contributed by atoms with van der Waals surface area (Å²) in [4.78, 5) is 30.2. The van der Waals surface area contributed by atoms with Crippen LogP contribution in [0.1, 0.15) is 29.0 Å². The molecule has 2 heterocycles. The van der Waals surface area contributed by atoms with Crippen molar-refractivity contribution in [1.82, 2.24) is 9.29 Å². The predicted molar refractivity (Wildman–Crippen MR) is 116 cm³/mol. The second-order valence-electron chi connectivity index (χ2n) is 8.08. The van der Waals surface area contributed by atoms with E-state index in [2.05, 4.69) is 4.98 Å². The smallest absolute Gasteiger partial charge is 0.329 e. The fraction of sp³-hybridized carbons (Fsp3) is 0.409. The zero-order valence-corrected chi connectivity index (χ0v) is 18.7. The van der Waals surface area contributed by atoms with Gasteiger partial charge in [0, 0.05) is 25.8 Å². The highest BCUT2D eigenvalue weighted by molar-refractivity contribution is 7.89. The lowest BCUT2D eigenvalue weighted by Crippen LogP contribution is -2.58. The molecule has 0 radical (unpaired) electrons. The average molecular weight is 460 g/mol. The molecule has 1 unspecified atom stereocenters. The lowest BCUT2D eigenvalue weighted by molar-refractivity contribution is -0.143. The largest absolute Gasteiger partial charge is 0.481 e. The fourth-order valence-corrected chi connectivity index (χ4v) is 5.84. The molecule has 1 aliphatic heterocycles. The van der Waals surface area contributed by atoms with E-state index in [4.69, 9.17) is 4.74 Å². The molecule has 1 aromatic carbocycles. The van der Waals surface area contributed by atoms with Gasteiger partial charge in [-0.15, -0.1) is 0 Å². The number of piperazine rings is 1. The number of esters is 1. The molecule has 10 heteroatoms. The number of carboxylic acids is 1. The Hall–Kier alpha value is -2.98. The summed E-state index contributed by atoms with van der Waals surface area (Å²) < 4.78 is 33.0. The second-order valence-corrected chi connectivity index (χ2v) is 10.0. The summed E-state index contributed by atoms with van der Waals surface area (Å²) in [6, 6.07) is 7.50. The number of aliphatic carboxylic acids is 1. The first-order valence-corrected chi connectivity index (χ1v) is 11.8. The van der Waals surface area contributed by atoms with Gasteiger partial charge in [-0.2, -0.15) is 4.31 Å². The van der Waals surface area contributed by atoms with E-state index in [9.17, 15) is 23.1 Å². The molecule has 2 aromatic rings. The summed E-state index contributed by atoms with van der Waals surface area (Å²) in [6.45, 7) is 2.23. The van der Waals surface area contributed by atoms with E-state index in [1.807, 2.05) is 13.0 Å². The van der Waals surface area contributed by atoms with Crippen LogP contribution in [0.3, 0.4) is 0 Å². The molecule has 0 bridgehead atoms. The number of aromatic nitrogens is 1. The molecule has 1 aliphatic carbocycles. The van der Waals surface area contributed by atoms with Crippen LogP contribution in [-0.2, 0) is 30.8 Å². The van der Waals surface area contributed by atoms with Gasteiger partial charge in [-0.25, -0.2) is 18.2 Å². The first-order valence-electron chi connectivity index (χ1n) is 10.4. The van der Waals surface area contributed by atoms with Crippen molar-refractivity contribution in [2.45, 2.75) is 36.6 Å². The quantitative estimate of drug-likeness (QED) is 0.670. The molecule has 1 fully saturated rings. The van der Waals surface area contributed by atoms with Gasteiger partial charge >= 0.3 is 11.9 Å². The maximum absolute atomic E-state index is 13.4. The van der Waals surface area contributed by atoms with Crippen molar-refractivity contribution in [2.24, 2.45) is 0 Å². The fourth-order valence-electron chi connectivity index (χ4n) is 4.36. The number of carbonyl (C=O) groups is 2. The first-order chi connectivity index (χ1) is 15.2. The Kier molecular flexibility index (Phi) is 5.91. The van der Waals surface area contributed by atoms with Crippen LogP contribution in [0.25, 0.3) is 0 Å². The van der Waals surface area contributed by atoms with Gasteiger partial charge in [-0.05, 0) is 54.7 Å². The third kappa shape index (κ3) is 3.95. The number of nitrogens with zero attached hydrogens (tertiary/aromatic N) is 3. The number of carboxylic acid groups (broad SMARTS) is 1. The second kappa shape index (κ2) is 8.51. The maximum atomic E-state index is 13.4. The van der Waals surface area contributed by atoms with E-state index in [0.29, 0.717) is 24.2 Å². The normalized spacial score (nSPS) is 21.2. The van der Waals surface area contributed by atoms with Crippen LogP contribution in [-0.4, -0.2) is 67.5 Å². The van der Waals surface area contributed by atoms with Crippen LogP contribution in [0.2, 0.25) is 0 Å². The minimum atomic E-state index is -3.93. The van der Waals surface area contributed by atoms with Crippen molar-refractivity contribution >= 4 is 27.8 Å².